The number of ether oxygens (including phenoxy) is 3. The molecule has 3 aliphatic rings. The molecule has 6 rings (SSSR count). The minimum atomic E-state index is -0.970. The molecule has 1 aliphatic heterocycles. The van der Waals surface area contributed by atoms with Crippen LogP contribution in [0.15, 0.2) is 96.6 Å². The maximum atomic E-state index is 14.2. The Bertz CT molecular complexity index is 1800. The van der Waals surface area contributed by atoms with Crippen LogP contribution in [0.25, 0.3) is 6.08 Å². The Balaban J connectivity index is 1.25. The Morgan fingerprint density at radius 3 is 2.25 bits per heavy atom. The van der Waals surface area contributed by atoms with E-state index in [0.717, 1.165) is 22.3 Å². The highest BCUT2D eigenvalue weighted by Gasteiger charge is 2.55. The van der Waals surface area contributed by atoms with Gasteiger partial charge >= 0.3 is 5.97 Å². The second-order valence-electron chi connectivity index (χ2n) is 13.4. The monoisotopic (exact) mass is 693 g/mol. The summed E-state index contributed by atoms with van der Waals surface area (Å²) in [6.45, 7) is -0.182. The minimum absolute atomic E-state index is 0.0479. The van der Waals surface area contributed by atoms with Crippen LogP contribution >= 0.6 is 0 Å². The zero-order chi connectivity index (χ0) is 36.1. The van der Waals surface area contributed by atoms with Crippen LogP contribution < -0.4 is 5.32 Å². The number of esters is 1. The Morgan fingerprint density at radius 2 is 1.61 bits per heavy atom. The van der Waals surface area contributed by atoms with Gasteiger partial charge in [-0.1, -0.05) is 66.7 Å². The van der Waals surface area contributed by atoms with Gasteiger partial charge < -0.3 is 34.4 Å². The molecule has 4 atom stereocenters. The number of rotatable bonds is 11. The molecule has 0 radical (unpaired) electrons. The Morgan fingerprint density at radius 1 is 0.941 bits per heavy atom. The first-order chi connectivity index (χ1) is 24.6. The molecular formula is C40H43N3O8. The number of aliphatic hydroxyl groups is 1. The fraction of sp³-hybridized carbons (Fsp3) is 0.350. The van der Waals surface area contributed by atoms with Crippen molar-refractivity contribution in [3.05, 3.63) is 124 Å². The fourth-order valence-corrected chi connectivity index (χ4v) is 6.81. The summed E-state index contributed by atoms with van der Waals surface area (Å²) >= 11 is 0. The van der Waals surface area contributed by atoms with Crippen LogP contribution in [0.3, 0.4) is 0 Å². The summed E-state index contributed by atoms with van der Waals surface area (Å²) in [5, 5.41) is 12.0. The molecule has 1 heterocycles. The third kappa shape index (κ3) is 8.12. The van der Waals surface area contributed by atoms with Gasteiger partial charge in [0, 0.05) is 65.0 Å². The lowest BCUT2D eigenvalue weighted by Crippen LogP contribution is -2.51. The smallest absolute Gasteiger partial charge is 0.338 e. The van der Waals surface area contributed by atoms with Gasteiger partial charge in [0.05, 0.1) is 12.2 Å². The summed E-state index contributed by atoms with van der Waals surface area (Å²) in [6.07, 6.45) is 3.98. The number of carbonyl (C=O) groups is 4. The van der Waals surface area contributed by atoms with E-state index in [0.29, 0.717) is 24.0 Å². The van der Waals surface area contributed by atoms with Gasteiger partial charge in [0.1, 0.15) is 24.4 Å². The molecule has 1 fully saturated rings. The summed E-state index contributed by atoms with van der Waals surface area (Å²) < 4.78 is 19.4. The van der Waals surface area contributed by atoms with Crippen molar-refractivity contribution in [2.45, 2.75) is 55.8 Å². The third-order valence-corrected chi connectivity index (χ3v) is 9.53. The van der Waals surface area contributed by atoms with E-state index in [2.05, 4.69) is 5.32 Å². The first kappa shape index (κ1) is 35.7. The number of nitrogens with zero attached hydrogens (tertiary/aromatic N) is 2. The SMILES string of the molecule is CN(C)C(=O)C=Cc1ccc(C(=O)O[C@@H]2CC(C(=O)N(C)[C@H](Cc3ccccc3)C(=O)NCCO)=C[C@H]3OC4(Cc5ccccc5C4)O[C@H]32)cc1. The Hall–Kier alpha value is -5.10. The number of benzene rings is 3. The number of amides is 3. The van der Waals surface area contributed by atoms with Crippen molar-refractivity contribution in [1.29, 1.82) is 0 Å². The number of hydrogen-bond acceptors (Lipinski definition) is 8. The molecular weight excluding hydrogens is 650 g/mol. The largest absolute Gasteiger partial charge is 0.456 e. The highest BCUT2D eigenvalue weighted by atomic mass is 16.8. The van der Waals surface area contributed by atoms with E-state index < -0.39 is 47.9 Å². The van der Waals surface area contributed by atoms with Crippen molar-refractivity contribution in [3.63, 3.8) is 0 Å². The van der Waals surface area contributed by atoms with Crippen molar-refractivity contribution in [2.24, 2.45) is 0 Å². The van der Waals surface area contributed by atoms with Crippen molar-refractivity contribution in [3.8, 4) is 0 Å². The fourth-order valence-electron chi connectivity index (χ4n) is 6.81. The second-order valence-corrected chi connectivity index (χ2v) is 13.4. The summed E-state index contributed by atoms with van der Waals surface area (Å²) in [4.78, 5) is 56.0. The Labute approximate surface area is 297 Å². The van der Waals surface area contributed by atoms with E-state index in [1.807, 2.05) is 54.6 Å². The van der Waals surface area contributed by atoms with Crippen molar-refractivity contribution >= 4 is 29.8 Å². The number of hydrogen-bond donors (Lipinski definition) is 2. The normalized spacial score (nSPS) is 20.6. The number of carbonyl (C=O) groups excluding carboxylic acids is 4. The average molecular weight is 694 g/mol. The number of nitrogens with one attached hydrogen (secondary N) is 1. The summed E-state index contributed by atoms with van der Waals surface area (Å²) in [7, 11) is 4.91. The van der Waals surface area contributed by atoms with Gasteiger partial charge in [0.2, 0.25) is 17.7 Å². The lowest BCUT2D eigenvalue weighted by molar-refractivity contribution is -0.172. The predicted molar refractivity (Wildman–Crippen MR) is 189 cm³/mol. The second kappa shape index (κ2) is 15.4. The summed E-state index contributed by atoms with van der Waals surface area (Å²) in [5.41, 5.74) is 4.47. The molecule has 2 aliphatic carbocycles. The molecule has 0 saturated carbocycles. The molecule has 0 bridgehead atoms. The van der Waals surface area contributed by atoms with Gasteiger partial charge in [0.25, 0.3) is 0 Å². The van der Waals surface area contributed by atoms with Crippen molar-refractivity contribution in [2.75, 3.05) is 34.3 Å². The van der Waals surface area contributed by atoms with Crippen LogP contribution in [0.2, 0.25) is 0 Å². The molecule has 11 heteroatoms. The summed E-state index contributed by atoms with van der Waals surface area (Å²) in [6, 6.07) is 23.2. The van der Waals surface area contributed by atoms with Gasteiger partial charge in [-0.3, -0.25) is 14.4 Å². The lowest BCUT2D eigenvalue weighted by atomic mass is 9.90. The number of aliphatic hydroxyl groups excluding tert-OH is 1. The topological polar surface area (TPSA) is 135 Å². The van der Waals surface area contributed by atoms with Gasteiger partial charge in [-0.05, 0) is 46.5 Å². The maximum Gasteiger partial charge on any atom is 0.338 e. The van der Waals surface area contributed by atoms with Gasteiger partial charge in [0.15, 0.2) is 5.79 Å². The lowest BCUT2D eigenvalue weighted by Gasteiger charge is -2.33. The highest BCUT2D eigenvalue weighted by molar-refractivity contribution is 5.97. The van der Waals surface area contributed by atoms with E-state index >= 15 is 0 Å². The van der Waals surface area contributed by atoms with Crippen molar-refractivity contribution < 1.29 is 38.5 Å². The molecule has 1 saturated heterocycles. The average Bonchev–Trinajstić information content (AvgIpc) is 3.69. The first-order valence-corrected chi connectivity index (χ1v) is 17.1. The molecule has 1 spiro atoms. The third-order valence-electron chi connectivity index (χ3n) is 9.53. The molecule has 3 aromatic rings. The van der Waals surface area contributed by atoms with E-state index in [1.165, 1.54) is 15.9 Å². The molecule has 11 nitrogen and oxygen atoms in total. The molecule has 266 valence electrons. The van der Waals surface area contributed by atoms with E-state index in [-0.39, 0.29) is 31.9 Å². The van der Waals surface area contributed by atoms with E-state index in [9.17, 15) is 24.3 Å². The molecule has 2 N–H and O–H groups in total. The van der Waals surface area contributed by atoms with E-state index in [4.69, 9.17) is 14.2 Å². The quantitative estimate of drug-likeness (QED) is 0.231. The zero-order valence-corrected chi connectivity index (χ0v) is 29.0. The van der Waals surface area contributed by atoms with Crippen LogP contribution in [0.5, 0.6) is 0 Å². The Kier molecular flexibility index (Phi) is 10.8. The maximum absolute atomic E-state index is 14.2. The molecule has 0 unspecified atom stereocenters. The number of likely N-dealkylation sites (N-methyl/N-ethyl adjacent to an activating group) is 2. The molecule has 3 amide bonds. The zero-order valence-electron chi connectivity index (χ0n) is 29.0. The van der Waals surface area contributed by atoms with Gasteiger partial charge in [-0.15, -0.1) is 0 Å². The molecule has 51 heavy (non-hydrogen) atoms. The van der Waals surface area contributed by atoms with E-state index in [1.54, 1.807) is 57.6 Å². The van der Waals surface area contributed by atoms with Gasteiger partial charge in [-0.25, -0.2) is 4.79 Å². The summed E-state index contributed by atoms with van der Waals surface area (Å²) in [5.74, 6) is -2.52. The van der Waals surface area contributed by atoms with Crippen LogP contribution in [0.4, 0.5) is 0 Å². The van der Waals surface area contributed by atoms with Gasteiger partial charge in [-0.2, -0.15) is 0 Å². The van der Waals surface area contributed by atoms with Crippen LogP contribution in [-0.2, 0) is 47.9 Å². The first-order valence-electron chi connectivity index (χ1n) is 17.1. The highest BCUT2D eigenvalue weighted by Crippen LogP contribution is 2.45. The number of fused-ring (bicyclic) bond motifs is 2. The molecule has 0 aromatic heterocycles. The van der Waals surface area contributed by atoms with Crippen LogP contribution in [-0.4, -0.2) is 103 Å². The molecule has 3 aromatic carbocycles. The predicted octanol–water partition coefficient (Wildman–Crippen LogP) is 3.10. The minimum Gasteiger partial charge on any atom is -0.456 e. The van der Waals surface area contributed by atoms with Crippen molar-refractivity contribution in [1.82, 2.24) is 15.1 Å². The standard InChI is InChI=1S/C40H43N3O8/c1-42(2)35(45)18-15-26-13-16-28(17-14-26)39(48)49-33-22-31(23-34-36(33)51-40(50-34)24-29-11-7-8-12-30(29)25-40)38(47)43(3)32(37(46)41-19-20-44)21-27-9-5-4-6-10-27/h4-18,23,32-34,36,44H,19-22,24-25H2,1-3H3,(H,41,46)/t32-,33-,34-,36+/m1/s1. The van der Waals surface area contributed by atoms with Crippen LogP contribution in [0.1, 0.15) is 39.0 Å². The van der Waals surface area contributed by atoms with Crippen LogP contribution in [0, 0.1) is 0 Å².